The van der Waals surface area contributed by atoms with Crippen LogP contribution in [0.2, 0.25) is 10.0 Å². The number of rotatable bonds is 2. The molecule has 6 heteroatoms. The molecule has 0 bridgehead atoms. The van der Waals surface area contributed by atoms with Crippen LogP contribution in [0.4, 0.5) is 17.1 Å². The van der Waals surface area contributed by atoms with Gasteiger partial charge in [-0.25, -0.2) is 0 Å². The fraction of sp³-hybridized carbons (Fsp3) is 0.200. The molecule has 3 rings (SSSR count). The Kier molecular flexibility index (Phi) is 3.74. The first-order valence-electron chi connectivity index (χ1n) is 6.46. The molecule has 0 aliphatic carbocycles. The van der Waals surface area contributed by atoms with Crippen molar-refractivity contribution in [3.8, 4) is 11.5 Å². The highest BCUT2D eigenvalue weighted by atomic mass is 35.5. The second-order valence-electron chi connectivity index (χ2n) is 4.79. The summed E-state index contributed by atoms with van der Waals surface area (Å²) in [5.74, 6) is 1.31. The fourth-order valence-corrected chi connectivity index (χ4v) is 2.53. The van der Waals surface area contributed by atoms with Gasteiger partial charge in [-0.3, -0.25) is 0 Å². The van der Waals surface area contributed by atoms with E-state index >= 15 is 0 Å². The van der Waals surface area contributed by atoms with Crippen molar-refractivity contribution in [1.82, 2.24) is 0 Å². The quantitative estimate of drug-likeness (QED) is 0.804. The van der Waals surface area contributed by atoms with Crippen molar-refractivity contribution >= 4 is 40.3 Å². The van der Waals surface area contributed by atoms with E-state index in [1.165, 1.54) is 0 Å². The molecule has 3 N–H and O–H groups in total. The zero-order valence-electron chi connectivity index (χ0n) is 11.4. The number of hydrogen-bond acceptors (Lipinski definition) is 4. The van der Waals surface area contributed by atoms with Gasteiger partial charge in [0.1, 0.15) is 13.2 Å². The highest BCUT2D eigenvalue weighted by Crippen LogP contribution is 2.39. The van der Waals surface area contributed by atoms with Gasteiger partial charge in [-0.1, -0.05) is 23.2 Å². The number of nitrogen functional groups attached to an aromatic ring is 1. The topological polar surface area (TPSA) is 56.5 Å². The van der Waals surface area contributed by atoms with Gasteiger partial charge in [0.25, 0.3) is 0 Å². The van der Waals surface area contributed by atoms with Crippen LogP contribution in [-0.2, 0) is 0 Å². The third-order valence-corrected chi connectivity index (χ3v) is 3.95. The van der Waals surface area contributed by atoms with Gasteiger partial charge < -0.3 is 20.5 Å². The van der Waals surface area contributed by atoms with Crippen LogP contribution < -0.4 is 20.5 Å². The molecule has 0 aromatic heterocycles. The van der Waals surface area contributed by atoms with E-state index < -0.39 is 0 Å². The maximum absolute atomic E-state index is 6.23. The van der Waals surface area contributed by atoms with Gasteiger partial charge in [0, 0.05) is 17.2 Å². The molecule has 0 fully saturated rings. The molecule has 0 saturated carbocycles. The van der Waals surface area contributed by atoms with Crippen molar-refractivity contribution in [3.63, 3.8) is 0 Å². The number of hydrogen-bond donors (Lipinski definition) is 2. The van der Waals surface area contributed by atoms with E-state index in [0.29, 0.717) is 51.8 Å². The van der Waals surface area contributed by atoms with Gasteiger partial charge in [-0.2, -0.15) is 0 Å². The molecule has 2 aromatic rings. The van der Waals surface area contributed by atoms with Crippen LogP contribution in [0.1, 0.15) is 5.56 Å². The van der Waals surface area contributed by atoms with E-state index in [1.807, 2.05) is 6.92 Å². The highest BCUT2D eigenvalue weighted by molar-refractivity contribution is 6.35. The summed E-state index contributed by atoms with van der Waals surface area (Å²) in [6, 6.07) is 7.12. The fourth-order valence-electron chi connectivity index (χ4n) is 2.10. The van der Waals surface area contributed by atoms with E-state index in [4.69, 9.17) is 38.4 Å². The summed E-state index contributed by atoms with van der Waals surface area (Å²) in [6.07, 6.45) is 0. The molecule has 1 aliphatic heterocycles. The Hall–Kier alpha value is -1.78. The average Bonchev–Trinajstić information content (AvgIpc) is 2.45. The molecule has 0 spiro atoms. The molecule has 1 aliphatic rings. The first kappa shape index (κ1) is 14.2. The van der Waals surface area contributed by atoms with Crippen molar-refractivity contribution < 1.29 is 9.47 Å². The van der Waals surface area contributed by atoms with Crippen molar-refractivity contribution in [2.24, 2.45) is 0 Å². The van der Waals surface area contributed by atoms with Crippen LogP contribution in [0.3, 0.4) is 0 Å². The van der Waals surface area contributed by atoms with Gasteiger partial charge in [-0.05, 0) is 24.6 Å². The van der Waals surface area contributed by atoms with Crippen molar-refractivity contribution in [1.29, 1.82) is 0 Å². The lowest BCUT2D eigenvalue weighted by molar-refractivity contribution is 0.172. The smallest absolute Gasteiger partial charge is 0.163 e. The number of fused-ring (bicyclic) bond motifs is 1. The Morgan fingerprint density at radius 1 is 0.952 bits per heavy atom. The number of ether oxygens (including phenoxy) is 2. The highest BCUT2D eigenvalue weighted by Gasteiger charge is 2.15. The molecule has 1 heterocycles. The van der Waals surface area contributed by atoms with Crippen LogP contribution in [0.5, 0.6) is 11.5 Å². The zero-order chi connectivity index (χ0) is 15.0. The van der Waals surface area contributed by atoms with E-state index in [9.17, 15) is 0 Å². The second kappa shape index (κ2) is 5.54. The molecular weight excluding hydrogens is 311 g/mol. The summed E-state index contributed by atoms with van der Waals surface area (Å²) < 4.78 is 11.0. The Labute approximate surface area is 132 Å². The summed E-state index contributed by atoms with van der Waals surface area (Å²) in [5, 5.41) is 4.39. The lowest BCUT2D eigenvalue weighted by Gasteiger charge is -2.21. The molecule has 21 heavy (non-hydrogen) atoms. The number of nitrogens with one attached hydrogen (secondary N) is 1. The van der Waals surface area contributed by atoms with Crippen molar-refractivity contribution in [3.05, 3.63) is 39.9 Å². The zero-order valence-corrected chi connectivity index (χ0v) is 12.9. The number of benzene rings is 2. The molecule has 0 radical (unpaired) electrons. The molecule has 0 saturated heterocycles. The van der Waals surface area contributed by atoms with Crippen LogP contribution in [-0.4, -0.2) is 13.2 Å². The van der Waals surface area contributed by atoms with Gasteiger partial charge >= 0.3 is 0 Å². The summed E-state index contributed by atoms with van der Waals surface area (Å²) in [5.41, 5.74) is 8.89. The van der Waals surface area contributed by atoms with Crippen LogP contribution in [0, 0.1) is 6.92 Å². The Morgan fingerprint density at radius 3 is 2.33 bits per heavy atom. The third kappa shape index (κ3) is 2.82. The van der Waals surface area contributed by atoms with E-state index in [0.717, 1.165) is 5.56 Å². The van der Waals surface area contributed by atoms with Crippen LogP contribution >= 0.6 is 23.2 Å². The van der Waals surface area contributed by atoms with Gasteiger partial charge in [0.2, 0.25) is 0 Å². The minimum atomic E-state index is 0.521. The van der Waals surface area contributed by atoms with Crippen LogP contribution in [0.25, 0.3) is 0 Å². The minimum absolute atomic E-state index is 0.521. The van der Waals surface area contributed by atoms with Gasteiger partial charge in [-0.15, -0.1) is 0 Å². The number of nitrogens with two attached hydrogens (primary N) is 1. The van der Waals surface area contributed by atoms with E-state index in [2.05, 4.69) is 5.32 Å². The molecule has 0 atom stereocenters. The molecule has 0 unspecified atom stereocenters. The second-order valence-corrected chi connectivity index (χ2v) is 5.60. The number of halogens is 2. The maximum atomic E-state index is 6.23. The van der Waals surface area contributed by atoms with Crippen molar-refractivity contribution in [2.75, 3.05) is 24.3 Å². The molecular formula is C15H14Cl2N2O2. The Morgan fingerprint density at radius 2 is 1.62 bits per heavy atom. The lowest BCUT2D eigenvalue weighted by atomic mass is 10.2. The normalized spacial score (nSPS) is 13.1. The van der Waals surface area contributed by atoms with Gasteiger partial charge in [0.15, 0.2) is 11.5 Å². The summed E-state index contributed by atoms with van der Waals surface area (Å²) in [7, 11) is 0. The largest absolute Gasteiger partial charge is 0.486 e. The first-order valence-corrected chi connectivity index (χ1v) is 7.22. The van der Waals surface area contributed by atoms with E-state index in [-0.39, 0.29) is 0 Å². The third-order valence-electron chi connectivity index (χ3n) is 3.23. The predicted octanol–water partition coefficient (Wildman–Crippen LogP) is 4.40. The van der Waals surface area contributed by atoms with Crippen molar-refractivity contribution in [2.45, 2.75) is 6.92 Å². The molecule has 0 amide bonds. The molecule has 4 nitrogen and oxygen atoms in total. The average molecular weight is 325 g/mol. The molecule has 2 aromatic carbocycles. The van der Waals surface area contributed by atoms with E-state index in [1.54, 1.807) is 24.3 Å². The number of anilines is 3. The first-order chi connectivity index (χ1) is 10.0. The monoisotopic (exact) mass is 324 g/mol. The predicted molar refractivity (Wildman–Crippen MR) is 86.3 cm³/mol. The standard InChI is InChI=1S/C15H14Cl2N2O2/c1-8-4-10(17)12(5-9(8)16)19-13-7-15-14(6-11(13)18)20-2-3-21-15/h4-7,19H,2-3,18H2,1H3. The maximum Gasteiger partial charge on any atom is 0.163 e. The summed E-state index contributed by atoms with van der Waals surface area (Å²) >= 11 is 12.4. The lowest BCUT2D eigenvalue weighted by Crippen LogP contribution is -2.15. The number of aryl methyl sites for hydroxylation is 1. The molecule has 110 valence electrons. The van der Waals surface area contributed by atoms with Gasteiger partial charge in [0.05, 0.1) is 22.1 Å². The summed E-state index contributed by atoms with van der Waals surface area (Å²) in [4.78, 5) is 0. The SMILES string of the molecule is Cc1cc(Cl)c(Nc2cc3c(cc2N)OCCO3)cc1Cl. The Bertz CT molecular complexity index is 705. The Balaban J connectivity index is 1.96. The summed E-state index contributed by atoms with van der Waals surface area (Å²) in [6.45, 7) is 2.95. The minimum Gasteiger partial charge on any atom is -0.486 e. The van der Waals surface area contributed by atoms with Crippen LogP contribution in [0.15, 0.2) is 24.3 Å².